The fraction of sp³-hybridized carbons (Fsp3) is 1.00. The summed E-state index contributed by atoms with van der Waals surface area (Å²) in [5, 5.41) is 0. The van der Waals surface area contributed by atoms with Crippen LogP contribution in [0.15, 0.2) is 0 Å². The molecule has 0 aliphatic heterocycles. The van der Waals surface area contributed by atoms with Crippen molar-refractivity contribution in [1.29, 1.82) is 0 Å². The Morgan fingerprint density at radius 2 is 1.75 bits per heavy atom. The molecule has 0 aliphatic rings. The molecule has 0 fully saturated rings. The van der Waals surface area contributed by atoms with E-state index in [4.69, 9.17) is 5.73 Å². The van der Waals surface area contributed by atoms with Crippen LogP contribution < -0.4 is 10.5 Å². The lowest BCUT2D eigenvalue weighted by molar-refractivity contribution is 0.392. The lowest BCUT2D eigenvalue weighted by Crippen LogP contribution is -2.48. The zero-order valence-corrected chi connectivity index (χ0v) is 8.74. The highest BCUT2D eigenvalue weighted by Crippen LogP contribution is 2.09. The molecule has 5 heteroatoms. The van der Waals surface area contributed by atoms with Crippen molar-refractivity contribution in [2.24, 2.45) is 5.73 Å². The highest BCUT2D eigenvalue weighted by Gasteiger charge is 2.21. The topological polar surface area (TPSA) is 72.2 Å². The minimum atomic E-state index is -3.11. The Labute approximate surface area is 74.6 Å². The Hall–Kier alpha value is -0.130. The van der Waals surface area contributed by atoms with Gasteiger partial charge in [0.05, 0.1) is 6.26 Å². The van der Waals surface area contributed by atoms with Gasteiger partial charge in [0.1, 0.15) is 0 Å². The maximum Gasteiger partial charge on any atom is 0.208 e. The molecule has 0 aromatic carbocycles. The molecule has 0 spiro atoms. The summed E-state index contributed by atoms with van der Waals surface area (Å²) in [7, 11) is -3.11. The molecule has 0 rings (SSSR count). The van der Waals surface area contributed by atoms with Gasteiger partial charge in [0.25, 0.3) is 0 Å². The van der Waals surface area contributed by atoms with Crippen molar-refractivity contribution in [2.45, 2.75) is 32.2 Å². The first-order chi connectivity index (χ1) is 5.33. The van der Waals surface area contributed by atoms with Gasteiger partial charge in [0.2, 0.25) is 10.0 Å². The maximum absolute atomic E-state index is 10.7. The molecular weight excluding hydrogens is 176 g/mol. The van der Waals surface area contributed by atoms with E-state index in [0.29, 0.717) is 6.54 Å². The molecule has 0 unspecified atom stereocenters. The van der Waals surface area contributed by atoms with Gasteiger partial charge >= 0.3 is 0 Å². The minimum Gasteiger partial charge on any atom is -0.324 e. The van der Waals surface area contributed by atoms with Crippen LogP contribution >= 0.6 is 0 Å². The predicted octanol–water partition coefficient (Wildman–Crippen LogP) is 0.0531. The summed E-state index contributed by atoms with van der Waals surface area (Å²) in [6.07, 6.45) is 2.68. The Kier molecular flexibility index (Phi) is 4.16. The number of rotatable bonds is 5. The third-order valence-corrected chi connectivity index (χ3v) is 2.76. The summed E-state index contributed by atoms with van der Waals surface area (Å²) in [5.41, 5.74) is 5.48. The molecule has 12 heavy (non-hydrogen) atoms. The average Bonchev–Trinajstić information content (AvgIpc) is 1.99. The number of hydrogen-bond acceptors (Lipinski definition) is 3. The van der Waals surface area contributed by atoms with Gasteiger partial charge in [-0.25, -0.2) is 13.1 Å². The monoisotopic (exact) mass is 194 g/mol. The van der Waals surface area contributed by atoms with Crippen molar-refractivity contribution in [1.82, 2.24) is 4.72 Å². The zero-order chi connectivity index (χ0) is 9.83. The van der Waals surface area contributed by atoms with E-state index in [2.05, 4.69) is 4.72 Å². The van der Waals surface area contributed by atoms with Crippen LogP contribution in [0.1, 0.15) is 26.7 Å². The second-order valence-corrected chi connectivity index (χ2v) is 5.00. The molecule has 0 radical (unpaired) electrons. The molecule has 0 aromatic rings. The normalized spacial score (nSPS) is 13.3. The molecule has 0 aromatic heterocycles. The van der Waals surface area contributed by atoms with E-state index >= 15 is 0 Å². The Balaban J connectivity index is 4.07. The molecule has 74 valence electrons. The summed E-state index contributed by atoms with van der Waals surface area (Å²) in [6.45, 7) is 4.22. The van der Waals surface area contributed by atoms with E-state index in [-0.39, 0.29) is 0 Å². The Morgan fingerprint density at radius 1 is 1.33 bits per heavy atom. The van der Waals surface area contributed by atoms with Gasteiger partial charge in [0.15, 0.2) is 0 Å². The van der Waals surface area contributed by atoms with Crippen LogP contribution in [0.2, 0.25) is 0 Å². The summed E-state index contributed by atoms with van der Waals surface area (Å²) in [5.74, 6) is 0. The largest absolute Gasteiger partial charge is 0.324 e. The Bertz CT molecular complexity index is 220. The zero-order valence-electron chi connectivity index (χ0n) is 7.92. The molecule has 0 aliphatic carbocycles. The van der Waals surface area contributed by atoms with Crippen LogP contribution in [0, 0.1) is 0 Å². The van der Waals surface area contributed by atoms with E-state index in [1.807, 2.05) is 13.8 Å². The average molecular weight is 194 g/mol. The SMILES string of the molecule is CCC(N)(CC)CNS(C)(=O)=O. The second-order valence-electron chi connectivity index (χ2n) is 3.16. The van der Waals surface area contributed by atoms with E-state index < -0.39 is 15.6 Å². The van der Waals surface area contributed by atoms with Crippen molar-refractivity contribution < 1.29 is 8.42 Å². The predicted molar refractivity (Wildman–Crippen MR) is 50.3 cm³/mol. The van der Waals surface area contributed by atoms with Crippen molar-refractivity contribution >= 4 is 10.0 Å². The van der Waals surface area contributed by atoms with Crippen molar-refractivity contribution in [3.8, 4) is 0 Å². The smallest absolute Gasteiger partial charge is 0.208 e. The number of nitrogens with two attached hydrogens (primary N) is 1. The van der Waals surface area contributed by atoms with E-state index in [1.165, 1.54) is 0 Å². The molecular formula is C7H18N2O2S. The van der Waals surface area contributed by atoms with Crippen LogP contribution in [-0.4, -0.2) is 26.8 Å². The fourth-order valence-corrected chi connectivity index (χ4v) is 1.32. The van der Waals surface area contributed by atoms with Crippen LogP contribution in [0.25, 0.3) is 0 Å². The van der Waals surface area contributed by atoms with Crippen molar-refractivity contribution in [2.75, 3.05) is 12.8 Å². The quantitative estimate of drug-likeness (QED) is 0.649. The first-order valence-electron chi connectivity index (χ1n) is 4.06. The number of hydrogen-bond donors (Lipinski definition) is 2. The van der Waals surface area contributed by atoms with Crippen molar-refractivity contribution in [3.63, 3.8) is 0 Å². The molecule has 0 heterocycles. The standard InChI is InChI=1S/C7H18N2O2S/c1-4-7(8,5-2)6-9-12(3,10)11/h9H,4-6,8H2,1-3H3. The van der Waals surface area contributed by atoms with Crippen LogP contribution in [-0.2, 0) is 10.0 Å². The van der Waals surface area contributed by atoms with Gasteiger partial charge in [-0.3, -0.25) is 0 Å². The van der Waals surface area contributed by atoms with Crippen LogP contribution in [0.3, 0.4) is 0 Å². The van der Waals surface area contributed by atoms with Gasteiger partial charge < -0.3 is 5.73 Å². The third-order valence-electron chi connectivity index (χ3n) is 2.09. The maximum atomic E-state index is 10.7. The van der Waals surface area contributed by atoms with Gasteiger partial charge in [0, 0.05) is 12.1 Å². The molecule has 3 N–H and O–H groups in total. The van der Waals surface area contributed by atoms with E-state index in [1.54, 1.807) is 0 Å². The van der Waals surface area contributed by atoms with E-state index in [9.17, 15) is 8.42 Å². The summed E-state index contributed by atoms with van der Waals surface area (Å²) < 4.78 is 23.9. The van der Waals surface area contributed by atoms with Gasteiger partial charge in [-0.05, 0) is 12.8 Å². The van der Waals surface area contributed by atoms with Gasteiger partial charge in [-0.2, -0.15) is 0 Å². The Morgan fingerprint density at radius 3 is 2.00 bits per heavy atom. The lowest BCUT2D eigenvalue weighted by Gasteiger charge is -2.26. The first kappa shape index (κ1) is 11.9. The summed E-state index contributed by atoms with van der Waals surface area (Å²) in [6, 6.07) is 0. The molecule has 0 bridgehead atoms. The molecule has 0 atom stereocenters. The molecule has 4 nitrogen and oxygen atoms in total. The highest BCUT2D eigenvalue weighted by atomic mass is 32.2. The van der Waals surface area contributed by atoms with Gasteiger partial charge in [-0.15, -0.1) is 0 Å². The summed E-state index contributed by atoms with van der Waals surface area (Å²) >= 11 is 0. The molecule has 0 amide bonds. The lowest BCUT2D eigenvalue weighted by atomic mass is 9.95. The highest BCUT2D eigenvalue weighted by molar-refractivity contribution is 7.88. The van der Waals surface area contributed by atoms with Crippen molar-refractivity contribution in [3.05, 3.63) is 0 Å². The third kappa shape index (κ3) is 4.69. The minimum absolute atomic E-state index is 0.318. The van der Waals surface area contributed by atoms with Crippen LogP contribution in [0.5, 0.6) is 0 Å². The fourth-order valence-electron chi connectivity index (χ4n) is 0.775. The second kappa shape index (κ2) is 4.20. The van der Waals surface area contributed by atoms with E-state index in [0.717, 1.165) is 19.1 Å². The van der Waals surface area contributed by atoms with Gasteiger partial charge in [-0.1, -0.05) is 13.8 Å². The molecule has 0 saturated heterocycles. The number of sulfonamides is 1. The summed E-state index contributed by atoms with van der Waals surface area (Å²) in [4.78, 5) is 0. The first-order valence-corrected chi connectivity index (χ1v) is 5.95. The molecule has 0 saturated carbocycles. The number of nitrogens with one attached hydrogen (secondary N) is 1. The van der Waals surface area contributed by atoms with Crippen LogP contribution in [0.4, 0.5) is 0 Å².